The Bertz CT molecular complexity index is 311. The quantitative estimate of drug-likeness (QED) is 0.653. The molecule has 0 aliphatic rings. The van der Waals surface area contributed by atoms with Crippen LogP contribution in [0.25, 0.3) is 0 Å². The average Bonchev–Trinajstić information content (AvgIpc) is 2.51. The Morgan fingerprint density at radius 3 is 3.00 bits per heavy atom. The molecule has 1 rings (SSSR count). The van der Waals surface area contributed by atoms with E-state index in [0.29, 0.717) is 5.82 Å². The number of carbonyl (C=O) groups is 1. The van der Waals surface area contributed by atoms with Gasteiger partial charge >= 0.3 is 5.97 Å². The highest BCUT2D eigenvalue weighted by molar-refractivity contribution is 5.66. The van der Waals surface area contributed by atoms with E-state index in [1.165, 1.54) is 6.92 Å². The minimum absolute atomic E-state index is 0.311. The summed E-state index contributed by atoms with van der Waals surface area (Å²) in [7, 11) is 0. The van der Waals surface area contributed by atoms with Crippen molar-refractivity contribution in [2.24, 2.45) is 5.73 Å². The molecule has 1 atom stereocenters. The van der Waals surface area contributed by atoms with E-state index in [1.54, 1.807) is 0 Å². The van der Waals surface area contributed by atoms with Crippen LogP contribution in [0, 0.1) is 0 Å². The zero-order chi connectivity index (χ0) is 10.6. The predicted octanol–water partition coefficient (Wildman–Crippen LogP) is -0.552. The van der Waals surface area contributed by atoms with Crippen molar-refractivity contribution in [2.45, 2.75) is 32.7 Å². The molecular formula is C7H13N5O2. The minimum atomic E-state index is -0.484. The second kappa shape index (κ2) is 4.66. The van der Waals surface area contributed by atoms with E-state index in [2.05, 4.69) is 15.5 Å². The van der Waals surface area contributed by atoms with Crippen molar-refractivity contribution in [1.29, 1.82) is 0 Å². The monoisotopic (exact) mass is 199 g/mol. The largest absolute Gasteiger partial charge is 0.332 e. The lowest BCUT2D eigenvalue weighted by atomic mass is 10.2. The lowest BCUT2D eigenvalue weighted by Gasteiger charge is -2.08. The van der Waals surface area contributed by atoms with E-state index in [-0.39, 0.29) is 6.04 Å². The van der Waals surface area contributed by atoms with Crippen LogP contribution < -0.4 is 10.6 Å². The van der Waals surface area contributed by atoms with Crippen molar-refractivity contribution in [2.75, 3.05) is 0 Å². The number of hydrogen-bond donors (Lipinski definition) is 1. The molecule has 1 unspecified atom stereocenters. The van der Waals surface area contributed by atoms with Gasteiger partial charge in [0.05, 0.1) is 6.04 Å². The molecule has 2 N–H and O–H groups in total. The number of aromatic nitrogens is 4. The van der Waals surface area contributed by atoms with Gasteiger partial charge in [0.2, 0.25) is 5.82 Å². The molecule has 1 aromatic rings. The van der Waals surface area contributed by atoms with E-state index in [9.17, 15) is 4.79 Å². The first-order valence-corrected chi connectivity index (χ1v) is 4.38. The van der Waals surface area contributed by atoms with Gasteiger partial charge < -0.3 is 10.6 Å². The molecule has 7 heteroatoms. The summed E-state index contributed by atoms with van der Waals surface area (Å²) in [6.07, 6.45) is 1.65. The fourth-order valence-corrected chi connectivity index (χ4v) is 1.03. The van der Waals surface area contributed by atoms with E-state index in [4.69, 9.17) is 10.6 Å². The fourth-order valence-electron chi connectivity index (χ4n) is 1.03. The third-order valence-corrected chi connectivity index (χ3v) is 1.61. The number of hydrogen-bond acceptors (Lipinski definition) is 6. The Kier molecular flexibility index (Phi) is 3.52. The molecule has 0 radical (unpaired) electrons. The van der Waals surface area contributed by atoms with E-state index < -0.39 is 5.97 Å². The van der Waals surface area contributed by atoms with E-state index in [1.807, 2.05) is 6.92 Å². The van der Waals surface area contributed by atoms with Crippen LogP contribution in [0.3, 0.4) is 0 Å². The van der Waals surface area contributed by atoms with Crippen molar-refractivity contribution in [3.8, 4) is 0 Å². The van der Waals surface area contributed by atoms with Crippen LogP contribution in [-0.2, 0) is 4.79 Å². The highest BCUT2D eigenvalue weighted by Gasteiger charge is 2.16. The number of nitrogens with two attached hydrogens (primary N) is 1. The third-order valence-electron chi connectivity index (χ3n) is 1.61. The van der Waals surface area contributed by atoms with Gasteiger partial charge in [0, 0.05) is 6.92 Å². The lowest BCUT2D eigenvalue weighted by Crippen LogP contribution is -2.25. The first-order chi connectivity index (χ1) is 6.65. The summed E-state index contributed by atoms with van der Waals surface area (Å²) in [5, 5.41) is 10.6. The van der Waals surface area contributed by atoms with Crippen LogP contribution in [0.15, 0.2) is 0 Å². The molecule has 1 aromatic heterocycles. The third kappa shape index (κ3) is 2.49. The van der Waals surface area contributed by atoms with Crippen molar-refractivity contribution in [1.82, 2.24) is 20.4 Å². The summed E-state index contributed by atoms with van der Waals surface area (Å²) in [4.78, 5) is 16.3. The van der Waals surface area contributed by atoms with Gasteiger partial charge in [-0.1, -0.05) is 18.2 Å². The van der Waals surface area contributed by atoms with E-state index in [0.717, 1.165) is 17.7 Å². The smallest absolute Gasteiger partial charge is 0.321 e. The van der Waals surface area contributed by atoms with Gasteiger partial charge in [-0.25, -0.2) is 4.79 Å². The maximum Gasteiger partial charge on any atom is 0.332 e. The topological polar surface area (TPSA) is 95.9 Å². The van der Waals surface area contributed by atoms with Gasteiger partial charge in [-0.3, -0.25) is 0 Å². The molecule has 0 aromatic carbocycles. The molecule has 78 valence electrons. The number of nitrogens with zero attached hydrogens (tertiary/aromatic N) is 4. The van der Waals surface area contributed by atoms with Crippen molar-refractivity contribution in [3.05, 3.63) is 5.82 Å². The Labute approximate surface area is 81.2 Å². The Morgan fingerprint density at radius 2 is 2.43 bits per heavy atom. The zero-order valence-electron chi connectivity index (χ0n) is 8.17. The molecule has 1 heterocycles. The van der Waals surface area contributed by atoms with Crippen molar-refractivity contribution in [3.63, 3.8) is 0 Å². The summed E-state index contributed by atoms with van der Waals surface area (Å²) in [5.74, 6) is -0.121. The van der Waals surface area contributed by atoms with Crippen LogP contribution in [0.4, 0.5) is 0 Å². The Balaban J connectivity index is 2.75. The number of rotatable bonds is 4. The molecule has 0 spiro atoms. The van der Waals surface area contributed by atoms with Crippen molar-refractivity contribution < 1.29 is 9.63 Å². The van der Waals surface area contributed by atoms with Crippen LogP contribution in [-0.4, -0.2) is 26.3 Å². The fraction of sp³-hybridized carbons (Fsp3) is 0.714. The molecule has 0 saturated carbocycles. The van der Waals surface area contributed by atoms with Crippen LogP contribution in [0.1, 0.15) is 38.6 Å². The molecule has 0 fully saturated rings. The predicted molar refractivity (Wildman–Crippen MR) is 46.9 cm³/mol. The number of tetrazole rings is 1. The first kappa shape index (κ1) is 10.6. The molecule has 0 aliphatic heterocycles. The number of carbonyl (C=O) groups excluding carboxylic acids is 1. The second-order valence-electron chi connectivity index (χ2n) is 2.89. The van der Waals surface area contributed by atoms with Gasteiger partial charge in [-0.2, -0.15) is 0 Å². The van der Waals surface area contributed by atoms with Crippen LogP contribution in [0.2, 0.25) is 0 Å². The lowest BCUT2D eigenvalue weighted by molar-refractivity contribution is -0.143. The highest BCUT2D eigenvalue weighted by atomic mass is 16.7. The summed E-state index contributed by atoms with van der Waals surface area (Å²) in [6.45, 7) is 3.27. The van der Waals surface area contributed by atoms with E-state index >= 15 is 0 Å². The molecule has 14 heavy (non-hydrogen) atoms. The van der Waals surface area contributed by atoms with Gasteiger partial charge in [0.1, 0.15) is 0 Å². The molecule has 0 amide bonds. The Hall–Kier alpha value is -1.50. The second-order valence-corrected chi connectivity index (χ2v) is 2.89. The maximum atomic E-state index is 10.7. The first-order valence-electron chi connectivity index (χ1n) is 4.38. The molecular weight excluding hydrogens is 186 g/mol. The summed E-state index contributed by atoms with van der Waals surface area (Å²) >= 11 is 0. The summed E-state index contributed by atoms with van der Waals surface area (Å²) in [5.41, 5.74) is 5.77. The molecule has 0 bridgehead atoms. The van der Waals surface area contributed by atoms with Gasteiger partial charge in [-0.05, 0) is 16.8 Å². The summed E-state index contributed by atoms with van der Waals surface area (Å²) in [6, 6.07) is -0.311. The standard InChI is InChI=1S/C7H13N5O2/c1-3-4-6(8)7-9-10-11-12(7)14-5(2)13/h6H,3-4,8H2,1-2H3. The van der Waals surface area contributed by atoms with Crippen LogP contribution >= 0.6 is 0 Å². The van der Waals surface area contributed by atoms with Gasteiger partial charge in [0.25, 0.3) is 0 Å². The normalized spacial score (nSPS) is 12.5. The SMILES string of the molecule is CCCC(N)c1nnnn1OC(C)=O. The molecule has 0 aliphatic carbocycles. The molecule has 0 saturated heterocycles. The Morgan fingerprint density at radius 1 is 1.71 bits per heavy atom. The molecule has 7 nitrogen and oxygen atoms in total. The summed E-state index contributed by atoms with van der Waals surface area (Å²) < 4.78 is 0. The van der Waals surface area contributed by atoms with Crippen molar-refractivity contribution >= 4 is 5.97 Å². The van der Waals surface area contributed by atoms with Gasteiger partial charge in [-0.15, -0.1) is 5.10 Å². The van der Waals surface area contributed by atoms with Gasteiger partial charge in [0.15, 0.2) is 0 Å². The highest BCUT2D eigenvalue weighted by Crippen LogP contribution is 2.10. The maximum absolute atomic E-state index is 10.7. The zero-order valence-corrected chi connectivity index (χ0v) is 8.17. The average molecular weight is 199 g/mol. The van der Waals surface area contributed by atoms with Crippen LogP contribution in [0.5, 0.6) is 0 Å². The minimum Gasteiger partial charge on any atom is -0.321 e.